The molecule has 3 nitrogen and oxygen atoms in total. The van der Waals surface area contributed by atoms with Crippen molar-refractivity contribution >= 4 is 0 Å². The Morgan fingerprint density at radius 3 is 2.29 bits per heavy atom. The highest BCUT2D eigenvalue weighted by Gasteiger charge is 2.50. The zero-order valence-corrected chi connectivity index (χ0v) is 13.7. The second-order valence-electron chi connectivity index (χ2n) is 8.42. The van der Waals surface area contributed by atoms with Gasteiger partial charge >= 0.3 is 0 Å². The number of nitrogens with one attached hydrogen (secondary N) is 1. The van der Waals surface area contributed by atoms with Gasteiger partial charge in [-0.2, -0.15) is 5.10 Å². The molecule has 0 aromatic carbocycles. The number of nitrogens with zero attached hydrogens (tertiary/aromatic N) is 2. The molecular weight excluding hydrogens is 258 g/mol. The fourth-order valence-electron chi connectivity index (χ4n) is 5.79. The molecule has 1 heterocycles. The molecule has 0 radical (unpaired) electrons. The molecule has 0 spiro atoms. The van der Waals surface area contributed by atoms with Crippen LogP contribution in [0.25, 0.3) is 0 Å². The Morgan fingerprint density at radius 1 is 1.19 bits per heavy atom. The molecule has 4 bridgehead atoms. The average Bonchev–Trinajstić information content (AvgIpc) is 2.76. The summed E-state index contributed by atoms with van der Waals surface area (Å²) in [5.74, 6) is 3.56. The normalized spacial score (nSPS) is 37.6. The number of hydrogen-bond donors (Lipinski definition) is 1. The van der Waals surface area contributed by atoms with E-state index in [9.17, 15) is 0 Å². The molecule has 0 unspecified atom stereocenters. The van der Waals surface area contributed by atoms with Crippen LogP contribution >= 0.6 is 0 Å². The fourth-order valence-corrected chi connectivity index (χ4v) is 5.79. The molecule has 116 valence electrons. The van der Waals surface area contributed by atoms with Gasteiger partial charge in [0.2, 0.25) is 0 Å². The Hall–Kier alpha value is -0.830. The van der Waals surface area contributed by atoms with Gasteiger partial charge in [0.15, 0.2) is 0 Å². The van der Waals surface area contributed by atoms with Gasteiger partial charge in [-0.1, -0.05) is 13.8 Å². The number of aromatic nitrogens is 2. The lowest BCUT2D eigenvalue weighted by Gasteiger charge is -2.57. The topological polar surface area (TPSA) is 29.9 Å². The molecule has 0 saturated heterocycles. The zero-order valence-electron chi connectivity index (χ0n) is 13.7. The van der Waals surface area contributed by atoms with E-state index in [1.165, 1.54) is 49.8 Å². The molecule has 0 aliphatic heterocycles. The predicted molar refractivity (Wildman–Crippen MR) is 85.0 cm³/mol. The van der Waals surface area contributed by atoms with E-state index in [0.29, 0.717) is 11.5 Å². The quantitative estimate of drug-likeness (QED) is 0.917. The van der Waals surface area contributed by atoms with Crippen LogP contribution in [0, 0.1) is 17.8 Å². The zero-order chi connectivity index (χ0) is 14.6. The first kappa shape index (κ1) is 13.8. The Morgan fingerprint density at radius 2 is 1.76 bits per heavy atom. The van der Waals surface area contributed by atoms with Crippen molar-refractivity contribution in [1.29, 1.82) is 0 Å². The minimum Gasteiger partial charge on any atom is -0.307 e. The van der Waals surface area contributed by atoms with E-state index in [2.05, 4.69) is 30.5 Å². The summed E-state index contributed by atoms with van der Waals surface area (Å²) in [5, 5.41) is 8.65. The van der Waals surface area contributed by atoms with Crippen molar-refractivity contribution in [3.8, 4) is 0 Å². The van der Waals surface area contributed by atoms with Gasteiger partial charge in [-0.05, 0) is 62.2 Å². The van der Waals surface area contributed by atoms with E-state index in [1.807, 2.05) is 11.7 Å². The van der Waals surface area contributed by atoms with Crippen molar-refractivity contribution in [3.05, 3.63) is 17.5 Å². The molecule has 1 aromatic rings. The highest BCUT2D eigenvalue weighted by atomic mass is 15.3. The fraction of sp³-hybridized carbons (Fsp3) is 0.833. The monoisotopic (exact) mass is 287 g/mol. The summed E-state index contributed by atoms with van der Waals surface area (Å²) in [6, 6.07) is 0. The standard InChI is InChI=1S/C18H29N3/c1-12(2)17-16(11-21(3)20-17)10-19-18-7-13-4-14(8-18)6-15(5-13)9-18/h11-15,19H,4-10H2,1-3H3. The minimum atomic E-state index is 0.457. The van der Waals surface area contributed by atoms with Gasteiger partial charge in [-0.25, -0.2) is 0 Å². The number of aryl methyl sites for hydroxylation is 1. The highest BCUT2D eigenvalue weighted by molar-refractivity contribution is 5.21. The lowest BCUT2D eigenvalue weighted by molar-refractivity contribution is -0.0206. The van der Waals surface area contributed by atoms with Gasteiger partial charge in [-0.3, -0.25) is 4.68 Å². The van der Waals surface area contributed by atoms with Crippen LogP contribution in [0.15, 0.2) is 6.20 Å². The highest BCUT2D eigenvalue weighted by Crippen LogP contribution is 2.55. The van der Waals surface area contributed by atoms with E-state index >= 15 is 0 Å². The Kier molecular flexibility index (Phi) is 3.18. The van der Waals surface area contributed by atoms with Gasteiger partial charge in [0.05, 0.1) is 5.69 Å². The third-order valence-corrected chi connectivity index (χ3v) is 6.18. The summed E-state index contributed by atoms with van der Waals surface area (Å²) in [5.41, 5.74) is 3.14. The van der Waals surface area contributed by atoms with Crippen LogP contribution in [0.3, 0.4) is 0 Å². The SMILES string of the molecule is CC(C)c1nn(C)cc1CNC12CC3CC(CC(C3)C1)C2. The predicted octanol–water partition coefficient (Wildman–Crippen LogP) is 3.60. The van der Waals surface area contributed by atoms with Gasteiger partial charge in [0, 0.05) is 30.9 Å². The third-order valence-electron chi connectivity index (χ3n) is 6.18. The van der Waals surface area contributed by atoms with Crippen molar-refractivity contribution in [2.24, 2.45) is 24.8 Å². The van der Waals surface area contributed by atoms with E-state index in [-0.39, 0.29) is 0 Å². The maximum Gasteiger partial charge on any atom is 0.0694 e. The molecule has 1 N–H and O–H groups in total. The van der Waals surface area contributed by atoms with Crippen LogP contribution in [0.4, 0.5) is 0 Å². The number of rotatable bonds is 4. The lowest BCUT2D eigenvalue weighted by atomic mass is 9.53. The van der Waals surface area contributed by atoms with Crippen LogP contribution < -0.4 is 5.32 Å². The van der Waals surface area contributed by atoms with Crippen molar-refractivity contribution in [2.45, 2.75) is 70.4 Å². The Bertz CT molecular complexity index is 493. The van der Waals surface area contributed by atoms with Gasteiger partial charge in [0.1, 0.15) is 0 Å². The van der Waals surface area contributed by atoms with Crippen molar-refractivity contribution in [1.82, 2.24) is 15.1 Å². The van der Waals surface area contributed by atoms with Crippen LogP contribution in [0.2, 0.25) is 0 Å². The van der Waals surface area contributed by atoms with E-state index in [1.54, 1.807) is 0 Å². The minimum absolute atomic E-state index is 0.457. The molecule has 5 rings (SSSR count). The van der Waals surface area contributed by atoms with Crippen LogP contribution in [0.5, 0.6) is 0 Å². The molecule has 1 aromatic heterocycles. The van der Waals surface area contributed by atoms with Gasteiger partial charge < -0.3 is 5.32 Å². The first-order chi connectivity index (χ1) is 10.0. The summed E-state index contributed by atoms with van der Waals surface area (Å²) in [6.45, 7) is 5.50. The molecule has 3 heteroatoms. The van der Waals surface area contributed by atoms with Crippen molar-refractivity contribution in [2.75, 3.05) is 0 Å². The van der Waals surface area contributed by atoms with Gasteiger partial charge in [-0.15, -0.1) is 0 Å². The van der Waals surface area contributed by atoms with Crippen LogP contribution in [-0.2, 0) is 13.6 Å². The largest absolute Gasteiger partial charge is 0.307 e. The van der Waals surface area contributed by atoms with E-state index < -0.39 is 0 Å². The smallest absolute Gasteiger partial charge is 0.0694 e. The molecule has 21 heavy (non-hydrogen) atoms. The second kappa shape index (κ2) is 4.84. The third kappa shape index (κ3) is 2.44. The molecule has 4 aliphatic carbocycles. The Labute approximate surface area is 128 Å². The first-order valence-electron chi connectivity index (χ1n) is 8.80. The maximum atomic E-state index is 4.65. The van der Waals surface area contributed by atoms with E-state index in [0.717, 1.165) is 24.3 Å². The van der Waals surface area contributed by atoms with Crippen LogP contribution in [-0.4, -0.2) is 15.3 Å². The summed E-state index contributed by atoms with van der Waals surface area (Å²) in [6.07, 6.45) is 11.0. The first-order valence-corrected chi connectivity index (χ1v) is 8.80. The van der Waals surface area contributed by atoms with Crippen LogP contribution in [0.1, 0.15) is 69.5 Å². The lowest BCUT2D eigenvalue weighted by Crippen LogP contribution is -2.58. The molecule has 0 amide bonds. The molecule has 4 saturated carbocycles. The molecule has 4 aliphatic rings. The Balaban J connectivity index is 1.50. The summed E-state index contributed by atoms with van der Waals surface area (Å²) in [4.78, 5) is 0. The maximum absolute atomic E-state index is 4.65. The summed E-state index contributed by atoms with van der Waals surface area (Å²) >= 11 is 0. The number of hydrogen-bond acceptors (Lipinski definition) is 2. The van der Waals surface area contributed by atoms with Crippen molar-refractivity contribution < 1.29 is 0 Å². The van der Waals surface area contributed by atoms with Crippen molar-refractivity contribution in [3.63, 3.8) is 0 Å². The summed E-state index contributed by atoms with van der Waals surface area (Å²) in [7, 11) is 2.04. The van der Waals surface area contributed by atoms with E-state index in [4.69, 9.17) is 0 Å². The summed E-state index contributed by atoms with van der Waals surface area (Å²) < 4.78 is 1.98. The molecule has 0 atom stereocenters. The van der Waals surface area contributed by atoms with Gasteiger partial charge in [0.25, 0.3) is 0 Å². The molecular formula is C18H29N3. The molecule has 4 fully saturated rings. The average molecular weight is 287 g/mol. The second-order valence-corrected chi connectivity index (χ2v) is 8.42.